The summed E-state index contributed by atoms with van der Waals surface area (Å²) >= 11 is 3.58. The van der Waals surface area contributed by atoms with Crippen LogP contribution < -0.4 is 4.74 Å². The van der Waals surface area contributed by atoms with Crippen molar-refractivity contribution in [3.8, 4) is 5.75 Å². The summed E-state index contributed by atoms with van der Waals surface area (Å²) in [7, 11) is 1.91. The molecule has 21 heavy (non-hydrogen) atoms. The molecule has 1 N–H and O–H groups in total. The van der Waals surface area contributed by atoms with Gasteiger partial charge in [0, 0.05) is 12.6 Å². The Morgan fingerprint density at radius 1 is 1.33 bits per heavy atom. The largest absolute Gasteiger partial charge is 0.487 e. The van der Waals surface area contributed by atoms with Crippen LogP contribution in [0, 0.1) is 0 Å². The third-order valence-electron chi connectivity index (χ3n) is 3.53. The molecular weight excluding hydrogens is 332 g/mol. The maximum absolute atomic E-state index is 10.1. The van der Waals surface area contributed by atoms with Gasteiger partial charge in [0.2, 0.25) is 0 Å². The molecule has 0 bridgehead atoms. The molecule has 0 fully saturated rings. The number of hydrogen-bond acceptors (Lipinski definition) is 3. The first-order valence-electron chi connectivity index (χ1n) is 7.18. The van der Waals surface area contributed by atoms with Gasteiger partial charge < -0.3 is 9.84 Å². The number of rotatable bonds is 6. The highest BCUT2D eigenvalue weighted by molar-refractivity contribution is 9.10. The second kappa shape index (κ2) is 7.09. The second-order valence-electron chi connectivity index (χ2n) is 4.94. The van der Waals surface area contributed by atoms with Gasteiger partial charge in [-0.05, 0) is 34.8 Å². The average Bonchev–Trinajstić information content (AvgIpc) is 2.79. The minimum Gasteiger partial charge on any atom is -0.487 e. The van der Waals surface area contributed by atoms with E-state index >= 15 is 0 Å². The molecule has 0 saturated heterocycles. The third kappa shape index (κ3) is 3.47. The normalized spacial score (nSPS) is 12.4. The molecule has 1 unspecified atom stereocenters. The lowest BCUT2D eigenvalue weighted by Crippen LogP contribution is -2.06. The van der Waals surface area contributed by atoms with Crippen LogP contribution in [-0.2, 0) is 20.1 Å². The van der Waals surface area contributed by atoms with Crippen LogP contribution in [-0.4, -0.2) is 14.9 Å². The number of benzene rings is 1. The van der Waals surface area contributed by atoms with E-state index in [-0.39, 0.29) is 0 Å². The number of aromatic nitrogens is 2. The van der Waals surface area contributed by atoms with Crippen LogP contribution in [0.25, 0.3) is 0 Å². The summed E-state index contributed by atoms with van der Waals surface area (Å²) in [6, 6.07) is 7.62. The Balaban J connectivity index is 2.19. The van der Waals surface area contributed by atoms with E-state index < -0.39 is 6.10 Å². The van der Waals surface area contributed by atoms with Crippen LogP contribution >= 0.6 is 15.9 Å². The molecule has 4 nitrogen and oxygen atoms in total. The number of halogens is 1. The third-order valence-corrected chi connectivity index (χ3v) is 4.45. The summed E-state index contributed by atoms with van der Waals surface area (Å²) < 4.78 is 8.75. The first-order valence-corrected chi connectivity index (χ1v) is 7.97. The lowest BCUT2D eigenvalue weighted by Gasteiger charge is -2.15. The molecule has 5 heteroatoms. The molecule has 0 aliphatic carbocycles. The fraction of sp³-hybridized carbons (Fsp3) is 0.438. The number of para-hydroxylation sites is 1. The SMILES string of the molecule is CCc1nn(C)c(COc2ccccc2C(O)CC)c1Br. The van der Waals surface area contributed by atoms with Gasteiger partial charge in [-0.2, -0.15) is 5.10 Å². The monoisotopic (exact) mass is 352 g/mol. The van der Waals surface area contributed by atoms with E-state index in [9.17, 15) is 5.11 Å². The van der Waals surface area contributed by atoms with Gasteiger partial charge in [-0.1, -0.05) is 32.0 Å². The van der Waals surface area contributed by atoms with Crippen molar-refractivity contribution in [3.63, 3.8) is 0 Å². The van der Waals surface area contributed by atoms with Gasteiger partial charge in [0.1, 0.15) is 12.4 Å². The molecule has 0 aliphatic heterocycles. The van der Waals surface area contributed by atoms with E-state index in [1.165, 1.54) is 0 Å². The lowest BCUT2D eigenvalue weighted by molar-refractivity contribution is 0.166. The molecule has 1 aromatic heterocycles. The molecule has 1 aromatic carbocycles. The molecule has 1 atom stereocenters. The van der Waals surface area contributed by atoms with Crippen LogP contribution in [0.3, 0.4) is 0 Å². The van der Waals surface area contributed by atoms with Crippen molar-refractivity contribution >= 4 is 15.9 Å². The molecule has 0 amide bonds. The number of aliphatic hydroxyl groups excluding tert-OH is 1. The molecule has 0 aliphatic rings. The second-order valence-corrected chi connectivity index (χ2v) is 5.73. The molecule has 2 aromatic rings. The summed E-state index contributed by atoms with van der Waals surface area (Å²) in [5.41, 5.74) is 2.85. The Hall–Kier alpha value is -1.33. The van der Waals surface area contributed by atoms with E-state index in [1.54, 1.807) is 0 Å². The zero-order chi connectivity index (χ0) is 15.4. The zero-order valence-electron chi connectivity index (χ0n) is 12.6. The van der Waals surface area contributed by atoms with Crippen LogP contribution in [0.15, 0.2) is 28.7 Å². The summed E-state index contributed by atoms with van der Waals surface area (Å²) in [6.45, 7) is 4.44. The van der Waals surface area contributed by atoms with E-state index in [0.717, 1.165) is 33.6 Å². The molecule has 0 saturated carbocycles. The van der Waals surface area contributed by atoms with Crippen LogP contribution in [0.1, 0.15) is 43.3 Å². The first-order chi connectivity index (χ1) is 10.1. The zero-order valence-corrected chi connectivity index (χ0v) is 14.2. The van der Waals surface area contributed by atoms with Crippen molar-refractivity contribution in [1.82, 2.24) is 9.78 Å². The molecule has 0 radical (unpaired) electrons. The van der Waals surface area contributed by atoms with E-state index in [4.69, 9.17) is 4.74 Å². The summed E-state index contributed by atoms with van der Waals surface area (Å²) in [5, 5.41) is 14.5. The summed E-state index contributed by atoms with van der Waals surface area (Å²) in [6.07, 6.45) is 1.04. The van der Waals surface area contributed by atoms with Crippen LogP contribution in [0.5, 0.6) is 5.75 Å². The molecule has 0 spiro atoms. The van der Waals surface area contributed by atoms with Gasteiger partial charge in [-0.25, -0.2) is 0 Å². The van der Waals surface area contributed by atoms with Crippen molar-refractivity contribution in [2.24, 2.45) is 7.05 Å². The number of aliphatic hydroxyl groups is 1. The first kappa shape index (κ1) is 16.0. The van der Waals surface area contributed by atoms with E-state index in [2.05, 4.69) is 28.0 Å². The molecule has 114 valence electrons. The topological polar surface area (TPSA) is 47.3 Å². The Kier molecular flexibility index (Phi) is 5.42. The minimum absolute atomic E-state index is 0.414. The smallest absolute Gasteiger partial charge is 0.131 e. The number of ether oxygens (including phenoxy) is 1. The van der Waals surface area contributed by atoms with Gasteiger partial charge in [-0.3, -0.25) is 4.68 Å². The number of aryl methyl sites for hydroxylation is 2. The average molecular weight is 353 g/mol. The molecular formula is C16H21BrN2O2. The van der Waals surface area contributed by atoms with Crippen molar-refractivity contribution < 1.29 is 9.84 Å². The van der Waals surface area contributed by atoms with Gasteiger partial charge >= 0.3 is 0 Å². The van der Waals surface area contributed by atoms with Gasteiger partial charge in [0.05, 0.1) is 22.0 Å². The molecule has 2 rings (SSSR count). The van der Waals surface area contributed by atoms with Crippen molar-refractivity contribution in [1.29, 1.82) is 0 Å². The fourth-order valence-corrected chi connectivity index (χ4v) is 2.96. The Morgan fingerprint density at radius 3 is 2.67 bits per heavy atom. The van der Waals surface area contributed by atoms with Crippen molar-refractivity contribution in [2.75, 3.05) is 0 Å². The Bertz CT molecular complexity index is 610. The van der Waals surface area contributed by atoms with Crippen molar-refractivity contribution in [3.05, 3.63) is 45.7 Å². The Morgan fingerprint density at radius 2 is 2.05 bits per heavy atom. The van der Waals surface area contributed by atoms with Crippen molar-refractivity contribution in [2.45, 2.75) is 39.4 Å². The van der Waals surface area contributed by atoms with Crippen LogP contribution in [0.4, 0.5) is 0 Å². The van der Waals surface area contributed by atoms with Gasteiger partial charge in [-0.15, -0.1) is 0 Å². The van der Waals surface area contributed by atoms with E-state index in [0.29, 0.717) is 13.0 Å². The molecule has 1 heterocycles. The Labute approximate surface area is 133 Å². The maximum Gasteiger partial charge on any atom is 0.131 e. The summed E-state index contributed by atoms with van der Waals surface area (Å²) in [4.78, 5) is 0. The van der Waals surface area contributed by atoms with E-state index in [1.807, 2.05) is 42.9 Å². The number of hydrogen-bond donors (Lipinski definition) is 1. The highest BCUT2D eigenvalue weighted by Crippen LogP contribution is 2.29. The highest BCUT2D eigenvalue weighted by atomic mass is 79.9. The fourth-order valence-electron chi connectivity index (χ4n) is 2.23. The predicted molar refractivity (Wildman–Crippen MR) is 86.3 cm³/mol. The maximum atomic E-state index is 10.1. The van der Waals surface area contributed by atoms with Gasteiger partial charge in [0.25, 0.3) is 0 Å². The quantitative estimate of drug-likeness (QED) is 0.860. The minimum atomic E-state index is -0.498. The standard InChI is InChI=1S/C16H21BrN2O2/c1-4-12-16(17)13(19(3)18-12)10-21-15-9-7-6-8-11(15)14(20)5-2/h6-9,14,20H,4-5,10H2,1-3H3. The lowest BCUT2D eigenvalue weighted by atomic mass is 10.1. The van der Waals surface area contributed by atoms with Gasteiger partial charge in [0.15, 0.2) is 0 Å². The summed E-state index contributed by atoms with van der Waals surface area (Å²) in [5.74, 6) is 0.720. The van der Waals surface area contributed by atoms with Crippen LogP contribution in [0.2, 0.25) is 0 Å². The number of nitrogens with zero attached hydrogens (tertiary/aromatic N) is 2. The predicted octanol–water partition coefficient (Wildman–Crippen LogP) is 3.77. The highest BCUT2D eigenvalue weighted by Gasteiger charge is 2.15.